The first-order valence-electron chi connectivity index (χ1n) is 7.23. The van der Waals surface area contributed by atoms with Gasteiger partial charge in [0.2, 0.25) is 0 Å². The van der Waals surface area contributed by atoms with Crippen molar-refractivity contribution in [2.45, 2.75) is 26.8 Å². The molecule has 23 heavy (non-hydrogen) atoms. The van der Waals surface area contributed by atoms with E-state index in [9.17, 15) is 4.79 Å². The zero-order chi connectivity index (χ0) is 16.4. The fraction of sp³-hybridized carbons (Fsp3) is 0.250. The molecule has 1 atom stereocenters. The molecule has 0 aliphatic rings. The van der Waals surface area contributed by atoms with Crippen molar-refractivity contribution in [3.05, 3.63) is 57.9 Å². The minimum atomic E-state index is -0.135. The van der Waals surface area contributed by atoms with Gasteiger partial charge in [-0.2, -0.15) is 5.10 Å². The van der Waals surface area contributed by atoms with Crippen molar-refractivity contribution in [2.24, 2.45) is 0 Å². The van der Waals surface area contributed by atoms with E-state index >= 15 is 0 Å². The molecule has 3 rings (SSSR count). The van der Waals surface area contributed by atoms with E-state index in [1.165, 1.54) is 20.8 Å². The van der Waals surface area contributed by atoms with E-state index in [2.05, 4.69) is 40.3 Å². The predicted molar refractivity (Wildman–Crippen MR) is 88.8 cm³/mol. The van der Waals surface area contributed by atoms with Gasteiger partial charge in [0, 0.05) is 21.5 Å². The van der Waals surface area contributed by atoms with E-state index in [4.69, 9.17) is 0 Å². The maximum Gasteiger partial charge on any atom is 0.251 e. The van der Waals surface area contributed by atoms with Gasteiger partial charge in [-0.25, -0.2) is 14.6 Å². The molecule has 7 heteroatoms. The van der Waals surface area contributed by atoms with Crippen LogP contribution in [0.5, 0.6) is 0 Å². The lowest BCUT2D eigenvalue weighted by Gasteiger charge is -2.14. The second-order valence-corrected chi connectivity index (χ2v) is 6.77. The SMILES string of the molecule is Cc1cc([C@H](C)NC(=O)c2ccnc(-n3cncn3)c2)c(C)s1. The maximum absolute atomic E-state index is 12.5. The first-order valence-corrected chi connectivity index (χ1v) is 8.05. The zero-order valence-corrected chi connectivity index (χ0v) is 14.0. The maximum atomic E-state index is 12.5. The monoisotopic (exact) mass is 327 g/mol. The Bertz CT molecular complexity index is 825. The fourth-order valence-corrected chi connectivity index (χ4v) is 3.47. The van der Waals surface area contributed by atoms with Crippen molar-refractivity contribution in [1.29, 1.82) is 0 Å². The van der Waals surface area contributed by atoms with Gasteiger partial charge < -0.3 is 5.32 Å². The number of pyridine rings is 1. The van der Waals surface area contributed by atoms with Crippen molar-refractivity contribution >= 4 is 17.2 Å². The molecule has 1 N–H and O–H groups in total. The smallest absolute Gasteiger partial charge is 0.251 e. The summed E-state index contributed by atoms with van der Waals surface area (Å²) in [7, 11) is 0. The normalized spacial score (nSPS) is 12.1. The Hall–Kier alpha value is -2.54. The highest BCUT2D eigenvalue weighted by molar-refractivity contribution is 7.12. The fourth-order valence-electron chi connectivity index (χ4n) is 2.45. The van der Waals surface area contributed by atoms with Crippen LogP contribution in [0.25, 0.3) is 5.82 Å². The van der Waals surface area contributed by atoms with Gasteiger partial charge in [-0.05, 0) is 44.5 Å². The molecule has 118 valence electrons. The molecule has 0 aliphatic carbocycles. The molecule has 0 aliphatic heterocycles. The number of rotatable bonds is 4. The standard InChI is InChI=1S/C16H17N5OS/c1-10-6-14(12(3)23-10)11(2)20-16(22)13-4-5-18-15(7-13)21-9-17-8-19-21/h4-9,11H,1-3H3,(H,20,22)/t11-/m0/s1. The van der Waals surface area contributed by atoms with Crippen LogP contribution in [0.15, 0.2) is 37.1 Å². The lowest BCUT2D eigenvalue weighted by Crippen LogP contribution is -2.27. The number of nitrogens with one attached hydrogen (secondary N) is 1. The summed E-state index contributed by atoms with van der Waals surface area (Å²) < 4.78 is 1.52. The number of aryl methyl sites for hydroxylation is 2. The summed E-state index contributed by atoms with van der Waals surface area (Å²) in [5.41, 5.74) is 1.70. The van der Waals surface area contributed by atoms with Gasteiger partial charge in [-0.1, -0.05) is 0 Å². The van der Waals surface area contributed by atoms with Gasteiger partial charge in [0.15, 0.2) is 5.82 Å². The molecule has 0 saturated heterocycles. The van der Waals surface area contributed by atoms with Crippen molar-refractivity contribution in [3.8, 4) is 5.82 Å². The van der Waals surface area contributed by atoms with E-state index in [1.54, 1.807) is 36.0 Å². The molecule has 3 heterocycles. The first-order chi connectivity index (χ1) is 11.0. The topological polar surface area (TPSA) is 72.7 Å². The van der Waals surface area contributed by atoms with Gasteiger partial charge in [0.05, 0.1) is 6.04 Å². The van der Waals surface area contributed by atoms with Crippen LogP contribution in [0.4, 0.5) is 0 Å². The highest BCUT2D eigenvalue weighted by atomic mass is 32.1. The molecule has 0 saturated carbocycles. The van der Waals surface area contributed by atoms with E-state index < -0.39 is 0 Å². The minimum Gasteiger partial charge on any atom is -0.345 e. The number of hydrogen-bond donors (Lipinski definition) is 1. The van der Waals surface area contributed by atoms with Crippen LogP contribution < -0.4 is 5.32 Å². The molecule has 6 nitrogen and oxygen atoms in total. The quantitative estimate of drug-likeness (QED) is 0.800. The van der Waals surface area contributed by atoms with Crippen LogP contribution in [-0.2, 0) is 0 Å². The van der Waals surface area contributed by atoms with E-state index in [0.717, 1.165) is 5.56 Å². The van der Waals surface area contributed by atoms with Crippen LogP contribution in [0.3, 0.4) is 0 Å². The Kier molecular flexibility index (Phi) is 4.20. The second-order valence-electron chi connectivity index (χ2n) is 5.31. The molecule has 3 aromatic heterocycles. The number of aromatic nitrogens is 4. The number of nitrogens with zero attached hydrogens (tertiary/aromatic N) is 4. The van der Waals surface area contributed by atoms with Crippen LogP contribution >= 0.6 is 11.3 Å². The Morgan fingerprint density at radius 2 is 2.17 bits per heavy atom. The minimum absolute atomic E-state index is 0.0459. The number of amides is 1. The molecule has 0 aromatic carbocycles. The van der Waals surface area contributed by atoms with Crippen LogP contribution in [0.2, 0.25) is 0 Å². The summed E-state index contributed by atoms with van der Waals surface area (Å²) in [6.07, 6.45) is 4.57. The molecule has 0 radical (unpaired) electrons. The van der Waals surface area contributed by atoms with Gasteiger partial charge >= 0.3 is 0 Å². The van der Waals surface area contributed by atoms with E-state index in [1.807, 2.05) is 6.92 Å². The van der Waals surface area contributed by atoms with Gasteiger partial charge in [0.25, 0.3) is 5.91 Å². The lowest BCUT2D eigenvalue weighted by molar-refractivity contribution is 0.0939. The molecule has 0 spiro atoms. The molecule has 1 amide bonds. The summed E-state index contributed by atoms with van der Waals surface area (Å²) in [4.78, 5) is 23.1. The highest BCUT2D eigenvalue weighted by Gasteiger charge is 2.15. The van der Waals surface area contributed by atoms with Gasteiger partial charge in [0.1, 0.15) is 12.7 Å². The number of thiophene rings is 1. The van der Waals surface area contributed by atoms with Gasteiger partial charge in [-0.3, -0.25) is 4.79 Å². The Labute approximate surface area is 138 Å². The van der Waals surface area contributed by atoms with Crippen LogP contribution in [-0.4, -0.2) is 25.7 Å². The predicted octanol–water partition coefficient (Wildman–Crippen LogP) is 2.83. The van der Waals surface area contributed by atoms with Crippen molar-refractivity contribution < 1.29 is 4.79 Å². The first kappa shape index (κ1) is 15.4. The summed E-state index contributed by atoms with van der Waals surface area (Å²) in [5.74, 6) is 0.426. The van der Waals surface area contributed by atoms with Crippen LogP contribution in [0, 0.1) is 13.8 Å². The average Bonchev–Trinajstić information content (AvgIpc) is 3.17. The average molecular weight is 327 g/mol. The molecular weight excluding hydrogens is 310 g/mol. The van der Waals surface area contributed by atoms with Crippen molar-refractivity contribution in [2.75, 3.05) is 0 Å². The molecule has 0 fully saturated rings. The third kappa shape index (κ3) is 3.29. The third-order valence-electron chi connectivity index (χ3n) is 3.55. The Morgan fingerprint density at radius 3 is 2.83 bits per heavy atom. The Morgan fingerprint density at radius 1 is 1.35 bits per heavy atom. The summed E-state index contributed by atoms with van der Waals surface area (Å²) >= 11 is 1.74. The summed E-state index contributed by atoms with van der Waals surface area (Å²) in [5, 5.41) is 7.06. The summed E-state index contributed by atoms with van der Waals surface area (Å²) in [6.45, 7) is 6.14. The summed E-state index contributed by atoms with van der Waals surface area (Å²) in [6, 6.07) is 5.46. The highest BCUT2D eigenvalue weighted by Crippen LogP contribution is 2.26. The third-order valence-corrected chi connectivity index (χ3v) is 4.54. The Balaban J connectivity index is 1.78. The molecule has 0 unspecified atom stereocenters. The molecule has 0 bridgehead atoms. The van der Waals surface area contributed by atoms with E-state index in [-0.39, 0.29) is 11.9 Å². The van der Waals surface area contributed by atoms with Gasteiger partial charge in [-0.15, -0.1) is 11.3 Å². The second kappa shape index (κ2) is 6.29. The number of hydrogen-bond acceptors (Lipinski definition) is 5. The molecule has 3 aromatic rings. The largest absolute Gasteiger partial charge is 0.345 e. The lowest BCUT2D eigenvalue weighted by atomic mass is 10.1. The van der Waals surface area contributed by atoms with E-state index in [0.29, 0.717) is 11.4 Å². The van der Waals surface area contributed by atoms with Crippen molar-refractivity contribution in [3.63, 3.8) is 0 Å². The van der Waals surface area contributed by atoms with Crippen molar-refractivity contribution in [1.82, 2.24) is 25.1 Å². The number of carbonyl (C=O) groups is 1. The molecular formula is C16H17N5OS. The number of carbonyl (C=O) groups excluding carboxylic acids is 1. The van der Waals surface area contributed by atoms with Crippen LogP contribution in [0.1, 0.15) is 38.6 Å². The zero-order valence-electron chi connectivity index (χ0n) is 13.1.